The lowest BCUT2D eigenvalue weighted by Gasteiger charge is -2.29. The summed E-state index contributed by atoms with van der Waals surface area (Å²) in [6.07, 6.45) is 1.05. The maximum atomic E-state index is 6.07. The van der Waals surface area contributed by atoms with E-state index in [0.717, 1.165) is 37.5 Å². The number of hydrogen-bond donors (Lipinski definition) is 1. The van der Waals surface area contributed by atoms with Crippen LogP contribution in [0.3, 0.4) is 0 Å². The van der Waals surface area contributed by atoms with Crippen molar-refractivity contribution in [2.24, 2.45) is 0 Å². The molecule has 0 unspecified atom stereocenters. The van der Waals surface area contributed by atoms with E-state index in [0.29, 0.717) is 11.6 Å². The summed E-state index contributed by atoms with van der Waals surface area (Å²) in [6.45, 7) is 3.50. The molecule has 3 nitrogen and oxygen atoms in total. The van der Waals surface area contributed by atoms with Crippen molar-refractivity contribution < 1.29 is 4.74 Å². The molecular weight excluding hydrogens is 284 g/mol. The molecule has 0 saturated heterocycles. The first-order valence-electron chi connectivity index (χ1n) is 7.19. The van der Waals surface area contributed by atoms with Crippen molar-refractivity contribution in [1.29, 1.82) is 0 Å². The summed E-state index contributed by atoms with van der Waals surface area (Å²) in [5, 5.41) is 0.701. The zero-order valence-electron chi connectivity index (χ0n) is 11.9. The smallest absolute Gasteiger partial charge is 0.120 e. The van der Waals surface area contributed by atoms with E-state index in [2.05, 4.69) is 11.0 Å². The average Bonchev–Trinajstić information content (AvgIpc) is 2.48. The minimum Gasteiger partial charge on any atom is -0.492 e. The monoisotopic (exact) mass is 302 g/mol. The van der Waals surface area contributed by atoms with Crippen molar-refractivity contribution in [3.05, 3.63) is 58.6 Å². The fourth-order valence-corrected chi connectivity index (χ4v) is 2.88. The van der Waals surface area contributed by atoms with E-state index in [1.54, 1.807) is 0 Å². The summed E-state index contributed by atoms with van der Waals surface area (Å²) in [4.78, 5) is 2.38. The molecule has 4 heteroatoms. The fourth-order valence-electron chi connectivity index (χ4n) is 2.70. The number of halogens is 1. The van der Waals surface area contributed by atoms with E-state index in [4.69, 9.17) is 22.1 Å². The highest BCUT2D eigenvalue weighted by molar-refractivity contribution is 6.30. The van der Waals surface area contributed by atoms with Gasteiger partial charge in [0, 0.05) is 30.3 Å². The minimum atomic E-state index is 0.655. The second-order valence-corrected chi connectivity index (χ2v) is 5.75. The van der Waals surface area contributed by atoms with Crippen LogP contribution >= 0.6 is 11.6 Å². The number of anilines is 1. The highest BCUT2D eigenvalue weighted by atomic mass is 35.5. The van der Waals surface area contributed by atoms with Crippen LogP contribution in [0.4, 0.5) is 5.69 Å². The Morgan fingerprint density at radius 1 is 1.19 bits per heavy atom. The molecule has 2 aromatic rings. The molecule has 0 fully saturated rings. The number of fused-ring (bicyclic) bond motifs is 1. The number of ether oxygens (including phenoxy) is 1. The SMILES string of the molecule is Nc1cccc2c1CN(CCOc1cccc(Cl)c1)CC2. The van der Waals surface area contributed by atoms with Gasteiger partial charge in [0.05, 0.1) is 0 Å². The molecule has 0 radical (unpaired) electrons. The summed E-state index contributed by atoms with van der Waals surface area (Å²) < 4.78 is 5.75. The van der Waals surface area contributed by atoms with Crippen molar-refractivity contribution in [2.45, 2.75) is 13.0 Å². The van der Waals surface area contributed by atoms with Crippen molar-refractivity contribution in [3.63, 3.8) is 0 Å². The number of benzene rings is 2. The highest BCUT2D eigenvalue weighted by Gasteiger charge is 2.17. The van der Waals surface area contributed by atoms with Gasteiger partial charge < -0.3 is 10.5 Å². The van der Waals surface area contributed by atoms with Gasteiger partial charge in [-0.3, -0.25) is 4.90 Å². The molecule has 1 aliphatic rings. The molecule has 21 heavy (non-hydrogen) atoms. The lowest BCUT2D eigenvalue weighted by atomic mass is 9.98. The summed E-state index contributed by atoms with van der Waals surface area (Å²) in [5.41, 5.74) is 9.61. The maximum absolute atomic E-state index is 6.07. The Hall–Kier alpha value is -1.71. The van der Waals surface area contributed by atoms with Gasteiger partial charge in [0.1, 0.15) is 12.4 Å². The highest BCUT2D eigenvalue weighted by Crippen LogP contribution is 2.24. The topological polar surface area (TPSA) is 38.5 Å². The summed E-state index contributed by atoms with van der Waals surface area (Å²) in [6, 6.07) is 13.7. The Morgan fingerprint density at radius 3 is 2.90 bits per heavy atom. The van der Waals surface area contributed by atoms with Crippen LogP contribution in [-0.2, 0) is 13.0 Å². The third kappa shape index (κ3) is 3.49. The van der Waals surface area contributed by atoms with E-state index >= 15 is 0 Å². The van der Waals surface area contributed by atoms with Gasteiger partial charge in [-0.2, -0.15) is 0 Å². The molecular formula is C17H19ClN2O. The van der Waals surface area contributed by atoms with Crippen molar-refractivity contribution in [3.8, 4) is 5.75 Å². The number of nitrogen functional groups attached to an aromatic ring is 1. The predicted molar refractivity (Wildman–Crippen MR) is 86.8 cm³/mol. The van der Waals surface area contributed by atoms with Gasteiger partial charge in [-0.25, -0.2) is 0 Å². The zero-order chi connectivity index (χ0) is 14.7. The Bertz CT molecular complexity index is 630. The molecule has 0 saturated carbocycles. The van der Waals surface area contributed by atoms with Gasteiger partial charge in [-0.1, -0.05) is 29.8 Å². The molecule has 0 atom stereocenters. The fraction of sp³-hybridized carbons (Fsp3) is 0.294. The van der Waals surface area contributed by atoms with Gasteiger partial charge >= 0.3 is 0 Å². The van der Waals surface area contributed by atoms with Crippen LogP contribution in [0.5, 0.6) is 5.75 Å². The minimum absolute atomic E-state index is 0.655. The molecule has 1 aliphatic heterocycles. The molecule has 1 heterocycles. The summed E-state index contributed by atoms with van der Waals surface area (Å²) in [5.74, 6) is 0.819. The maximum Gasteiger partial charge on any atom is 0.120 e. The molecule has 0 spiro atoms. The lowest BCUT2D eigenvalue weighted by Crippen LogP contribution is -2.34. The second-order valence-electron chi connectivity index (χ2n) is 5.32. The van der Waals surface area contributed by atoms with Crippen LogP contribution in [0.15, 0.2) is 42.5 Å². The van der Waals surface area contributed by atoms with Crippen molar-refractivity contribution in [1.82, 2.24) is 4.90 Å². The van der Waals surface area contributed by atoms with Crippen LogP contribution in [-0.4, -0.2) is 24.6 Å². The Balaban J connectivity index is 1.54. The average molecular weight is 303 g/mol. The third-order valence-corrected chi connectivity index (χ3v) is 4.10. The third-order valence-electron chi connectivity index (χ3n) is 3.86. The van der Waals surface area contributed by atoms with Gasteiger partial charge in [-0.05, 0) is 41.8 Å². The lowest BCUT2D eigenvalue weighted by molar-refractivity contribution is 0.196. The van der Waals surface area contributed by atoms with Crippen LogP contribution in [0.1, 0.15) is 11.1 Å². The first kappa shape index (κ1) is 14.2. The number of nitrogens with two attached hydrogens (primary N) is 1. The Kier molecular flexibility index (Phi) is 4.32. The van der Waals surface area contributed by atoms with Crippen molar-refractivity contribution >= 4 is 17.3 Å². The van der Waals surface area contributed by atoms with Crippen LogP contribution in [0.2, 0.25) is 5.02 Å². The Morgan fingerprint density at radius 2 is 2.05 bits per heavy atom. The summed E-state index contributed by atoms with van der Waals surface area (Å²) >= 11 is 5.94. The number of nitrogens with zero attached hydrogens (tertiary/aromatic N) is 1. The second kappa shape index (κ2) is 6.37. The quantitative estimate of drug-likeness (QED) is 0.880. The van der Waals surface area contributed by atoms with Crippen molar-refractivity contribution in [2.75, 3.05) is 25.4 Å². The number of hydrogen-bond acceptors (Lipinski definition) is 3. The van der Waals surface area contributed by atoms with E-state index in [9.17, 15) is 0 Å². The standard InChI is InChI=1S/C17H19ClN2O/c18-14-4-2-5-15(11-14)21-10-9-20-8-7-13-3-1-6-17(19)16(13)12-20/h1-6,11H,7-10,12,19H2. The van der Waals surface area contributed by atoms with Gasteiger partial charge in [0.2, 0.25) is 0 Å². The normalized spacial score (nSPS) is 14.7. The van der Waals surface area contributed by atoms with E-state index in [1.165, 1.54) is 11.1 Å². The van der Waals surface area contributed by atoms with Gasteiger partial charge in [-0.15, -0.1) is 0 Å². The van der Waals surface area contributed by atoms with E-state index in [-0.39, 0.29) is 0 Å². The van der Waals surface area contributed by atoms with Gasteiger partial charge in [0.25, 0.3) is 0 Å². The zero-order valence-corrected chi connectivity index (χ0v) is 12.6. The molecule has 110 valence electrons. The van der Waals surface area contributed by atoms with Gasteiger partial charge in [0.15, 0.2) is 0 Å². The summed E-state index contributed by atoms with van der Waals surface area (Å²) in [7, 11) is 0. The predicted octanol–water partition coefficient (Wildman–Crippen LogP) is 3.36. The molecule has 0 bridgehead atoms. The van der Waals surface area contributed by atoms with Crippen LogP contribution in [0.25, 0.3) is 0 Å². The molecule has 0 aromatic heterocycles. The van der Waals surface area contributed by atoms with Crippen LogP contribution < -0.4 is 10.5 Å². The molecule has 0 amide bonds. The molecule has 3 rings (SSSR count). The molecule has 2 aromatic carbocycles. The first-order chi connectivity index (χ1) is 10.2. The first-order valence-corrected chi connectivity index (χ1v) is 7.57. The molecule has 0 aliphatic carbocycles. The molecule has 2 N–H and O–H groups in total. The van der Waals surface area contributed by atoms with Crippen LogP contribution in [0, 0.1) is 0 Å². The van der Waals surface area contributed by atoms with E-state index < -0.39 is 0 Å². The number of rotatable bonds is 4. The largest absolute Gasteiger partial charge is 0.492 e. The van der Waals surface area contributed by atoms with E-state index in [1.807, 2.05) is 36.4 Å². The Labute approximate surface area is 130 Å².